The van der Waals surface area contributed by atoms with Gasteiger partial charge < -0.3 is 10.2 Å². The SMILES string of the molecule is Cc1ccc2oc(CCN)c(C)c2c1. The van der Waals surface area contributed by atoms with Gasteiger partial charge in [-0.15, -0.1) is 0 Å². The normalized spacial score (nSPS) is 11.1. The first-order chi connectivity index (χ1) is 6.72. The molecule has 1 aromatic heterocycles. The van der Waals surface area contributed by atoms with E-state index >= 15 is 0 Å². The van der Waals surface area contributed by atoms with Crippen LogP contribution in [-0.4, -0.2) is 6.54 Å². The Morgan fingerprint density at radius 3 is 2.79 bits per heavy atom. The van der Waals surface area contributed by atoms with Gasteiger partial charge in [0.05, 0.1) is 0 Å². The third-order valence-electron chi connectivity index (χ3n) is 2.56. The van der Waals surface area contributed by atoms with Gasteiger partial charge in [0.25, 0.3) is 0 Å². The van der Waals surface area contributed by atoms with Crippen LogP contribution in [0.2, 0.25) is 0 Å². The second kappa shape index (κ2) is 3.46. The van der Waals surface area contributed by atoms with Crippen molar-refractivity contribution in [2.45, 2.75) is 20.3 Å². The number of hydrogen-bond donors (Lipinski definition) is 1. The number of benzene rings is 1. The summed E-state index contributed by atoms with van der Waals surface area (Å²) < 4.78 is 5.71. The van der Waals surface area contributed by atoms with Crippen LogP contribution in [0.15, 0.2) is 22.6 Å². The van der Waals surface area contributed by atoms with Crippen molar-refractivity contribution >= 4 is 11.0 Å². The number of furan rings is 1. The van der Waals surface area contributed by atoms with Crippen LogP contribution in [0.4, 0.5) is 0 Å². The molecule has 2 nitrogen and oxygen atoms in total. The Labute approximate surface area is 83.7 Å². The topological polar surface area (TPSA) is 39.2 Å². The monoisotopic (exact) mass is 189 g/mol. The van der Waals surface area contributed by atoms with E-state index in [-0.39, 0.29) is 0 Å². The molecule has 0 bridgehead atoms. The molecule has 2 heteroatoms. The fraction of sp³-hybridized carbons (Fsp3) is 0.333. The molecule has 0 radical (unpaired) electrons. The van der Waals surface area contributed by atoms with Crippen LogP contribution in [0.5, 0.6) is 0 Å². The van der Waals surface area contributed by atoms with Crippen molar-refractivity contribution in [3.8, 4) is 0 Å². The first-order valence-corrected chi connectivity index (χ1v) is 4.91. The summed E-state index contributed by atoms with van der Waals surface area (Å²) in [5.41, 5.74) is 8.99. The molecule has 0 aliphatic carbocycles. The molecule has 2 rings (SSSR count). The van der Waals surface area contributed by atoms with E-state index in [4.69, 9.17) is 10.2 Å². The molecule has 2 N–H and O–H groups in total. The number of nitrogens with two attached hydrogens (primary N) is 1. The summed E-state index contributed by atoms with van der Waals surface area (Å²) in [6.07, 6.45) is 0.819. The maximum absolute atomic E-state index is 5.71. The zero-order valence-corrected chi connectivity index (χ0v) is 8.63. The van der Waals surface area contributed by atoms with Crippen molar-refractivity contribution in [2.24, 2.45) is 5.73 Å². The highest BCUT2D eigenvalue weighted by atomic mass is 16.3. The fourth-order valence-electron chi connectivity index (χ4n) is 1.75. The molecule has 1 heterocycles. The Kier molecular flexibility index (Phi) is 2.30. The molecule has 14 heavy (non-hydrogen) atoms. The van der Waals surface area contributed by atoms with Gasteiger partial charge in [-0.25, -0.2) is 0 Å². The van der Waals surface area contributed by atoms with Gasteiger partial charge in [0.15, 0.2) is 0 Å². The highest BCUT2D eigenvalue weighted by Gasteiger charge is 2.08. The van der Waals surface area contributed by atoms with Crippen molar-refractivity contribution in [1.29, 1.82) is 0 Å². The van der Waals surface area contributed by atoms with Crippen LogP contribution in [0.1, 0.15) is 16.9 Å². The lowest BCUT2D eigenvalue weighted by atomic mass is 10.1. The van der Waals surface area contributed by atoms with Gasteiger partial charge in [-0.05, 0) is 38.1 Å². The molecule has 0 spiro atoms. The fourth-order valence-corrected chi connectivity index (χ4v) is 1.75. The summed E-state index contributed by atoms with van der Waals surface area (Å²) in [5, 5.41) is 1.22. The van der Waals surface area contributed by atoms with Crippen LogP contribution >= 0.6 is 0 Å². The zero-order valence-electron chi connectivity index (χ0n) is 8.63. The molecule has 0 fully saturated rings. The molecular weight excluding hydrogens is 174 g/mol. The standard InChI is InChI=1S/C12H15NO/c1-8-3-4-12-10(7-8)9(2)11(14-12)5-6-13/h3-4,7H,5-6,13H2,1-2H3. The molecule has 0 unspecified atom stereocenters. The third-order valence-corrected chi connectivity index (χ3v) is 2.56. The van der Waals surface area contributed by atoms with E-state index in [1.807, 2.05) is 6.07 Å². The van der Waals surface area contributed by atoms with Crippen LogP contribution in [0.25, 0.3) is 11.0 Å². The Bertz CT molecular complexity index is 457. The first-order valence-electron chi connectivity index (χ1n) is 4.91. The minimum Gasteiger partial charge on any atom is -0.461 e. The zero-order chi connectivity index (χ0) is 10.1. The Hall–Kier alpha value is -1.28. The first kappa shape index (κ1) is 9.28. The smallest absolute Gasteiger partial charge is 0.134 e. The molecule has 2 aromatic rings. The van der Waals surface area contributed by atoms with E-state index in [1.165, 1.54) is 16.5 Å². The van der Waals surface area contributed by atoms with Crippen molar-refractivity contribution < 1.29 is 4.42 Å². The molecule has 0 aliphatic rings. The van der Waals surface area contributed by atoms with Gasteiger partial charge in [-0.2, -0.15) is 0 Å². The minimum atomic E-state index is 0.639. The van der Waals surface area contributed by atoms with Gasteiger partial charge >= 0.3 is 0 Å². The van der Waals surface area contributed by atoms with Gasteiger partial charge in [0, 0.05) is 11.8 Å². The average molecular weight is 189 g/mol. The van der Waals surface area contributed by atoms with E-state index < -0.39 is 0 Å². The summed E-state index contributed by atoms with van der Waals surface area (Å²) in [7, 11) is 0. The Balaban J connectivity index is 2.62. The average Bonchev–Trinajstić information content (AvgIpc) is 2.46. The van der Waals surface area contributed by atoms with E-state index in [2.05, 4.69) is 26.0 Å². The van der Waals surface area contributed by atoms with E-state index in [9.17, 15) is 0 Å². The Morgan fingerprint density at radius 1 is 1.29 bits per heavy atom. The van der Waals surface area contributed by atoms with E-state index in [1.54, 1.807) is 0 Å². The molecule has 1 aromatic carbocycles. The van der Waals surface area contributed by atoms with Gasteiger partial charge in [-0.3, -0.25) is 0 Å². The number of rotatable bonds is 2. The lowest BCUT2D eigenvalue weighted by Crippen LogP contribution is -2.02. The summed E-state index contributed by atoms with van der Waals surface area (Å²) >= 11 is 0. The van der Waals surface area contributed by atoms with Gasteiger partial charge in [0.1, 0.15) is 11.3 Å². The second-order valence-electron chi connectivity index (χ2n) is 3.69. The van der Waals surface area contributed by atoms with Crippen molar-refractivity contribution in [3.05, 3.63) is 35.1 Å². The second-order valence-corrected chi connectivity index (χ2v) is 3.69. The summed E-state index contributed by atoms with van der Waals surface area (Å²) in [6, 6.07) is 6.25. The van der Waals surface area contributed by atoms with Crippen molar-refractivity contribution in [2.75, 3.05) is 6.54 Å². The maximum Gasteiger partial charge on any atom is 0.134 e. The highest BCUT2D eigenvalue weighted by molar-refractivity contribution is 5.82. The minimum absolute atomic E-state index is 0.639. The number of fused-ring (bicyclic) bond motifs is 1. The van der Waals surface area contributed by atoms with Gasteiger partial charge in [-0.1, -0.05) is 11.6 Å². The molecule has 0 atom stereocenters. The third kappa shape index (κ3) is 1.42. The van der Waals surface area contributed by atoms with E-state index in [0.717, 1.165) is 17.8 Å². The van der Waals surface area contributed by atoms with Crippen molar-refractivity contribution in [3.63, 3.8) is 0 Å². The lowest BCUT2D eigenvalue weighted by Gasteiger charge is -1.93. The quantitative estimate of drug-likeness (QED) is 0.788. The van der Waals surface area contributed by atoms with Crippen LogP contribution in [0, 0.1) is 13.8 Å². The van der Waals surface area contributed by atoms with Gasteiger partial charge in [0.2, 0.25) is 0 Å². The molecule has 74 valence electrons. The predicted molar refractivity (Wildman–Crippen MR) is 58.4 cm³/mol. The number of hydrogen-bond acceptors (Lipinski definition) is 2. The van der Waals surface area contributed by atoms with Crippen LogP contribution in [-0.2, 0) is 6.42 Å². The molecule has 0 amide bonds. The van der Waals surface area contributed by atoms with Crippen LogP contribution in [0.3, 0.4) is 0 Å². The maximum atomic E-state index is 5.71. The van der Waals surface area contributed by atoms with Crippen LogP contribution < -0.4 is 5.73 Å². The largest absolute Gasteiger partial charge is 0.461 e. The number of aryl methyl sites for hydroxylation is 2. The predicted octanol–water partition coefficient (Wildman–Crippen LogP) is 2.55. The van der Waals surface area contributed by atoms with E-state index in [0.29, 0.717) is 6.54 Å². The molecular formula is C12H15NO. The highest BCUT2D eigenvalue weighted by Crippen LogP contribution is 2.26. The van der Waals surface area contributed by atoms with Crippen molar-refractivity contribution in [1.82, 2.24) is 0 Å². The summed E-state index contributed by atoms with van der Waals surface area (Å²) in [5.74, 6) is 1.02. The lowest BCUT2D eigenvalue weighted by molar-refractivity contribution is 0.546. The summed E-state index contributed by atoms with van der Waals surface area (Å²) in [6.45, 7) is 4.82. The molecule has 0 saturated carbocycles. The Morgan fingerprint density at radius 2 is 2.07 bits per heavy atom. The molecule has 0 saturated heterocycles. The molecule has 0 aliphatic heterocycles. The summed E-state index contributed by atoms with van der Waals surface area (Å²) in [4.78, 5) is 0.